The molecule has 1 N–H and O–H groups in total. The first-order valence-electron chi connectivity index (χ1n) is 6.34. The Hall–Kier alpha value is -1.56. The van der Waals surface area contributed by atoms with Crippen LogP contribution in [-0.4, -0.2) is 15.5 Å². The molecule has 0 spiro atoms. The number of ether oxygens (including phenoxy) is 1. The highest BCUT2D eigenvalue weighted by Gasteiger charge is 2.12. The van der Waals surface area contributed by atoms with Crippen molar-refractivity contribution < 1.29 is 13.2 Å². The minimum Gasteiger partial charge on any atom is -0.497 e. The van der Waals surface area contributed by atoms with E-state index >= 15 is 0 Å². The molecule has 0 unspecified atom stereocenters. The van der Waals surface area contributed by atoms with Gasteiger partial charge in [0.1, 0.15) is 5.75 Å². The van der Waals surface area contributed by atoms with Gasteiger partial charge < -0.3 is 4.74 Å². The number of nitrogens with one attached hydrogen (secondary N) is 1. The van der Waals surface area contributed by atoms with Crippen molar-refractivity contribution >= 4 is 21.6 Å². The van der Waals surface area contributed by atoms with Gasteiger partial charge in [0.05, 0.1) is 12.9 Å². The minimum absolute atomic E-state index is 0.0540. The Bertz CT molecular complexity index is 702. The number of hydrogen-bond donors (Lipinski definition) is 1. The molecule has 2 aromatic carbocycles. The molecule has 21 heavy (non-hydrogen) atoms. The first kappa shape index (κ1) is 15.8. The predicted octanol–water partition coefficient (Wildman–Crippen LogP) is 2.97. The van der Waals surface area contributed by atoms with Crippen molar-refractivity contribution in [2.75, 3.05) is 7.11 Å². The van der Waals surface area contributed by atoms with E-state index in [1.165, 1.54) is 0 Å². The first-order valence-corrected chi connectivity index (χ1v) is 8.37. The normalized spacial score (nSPS) is 11.3. The molecule has 0 radical (unpaired) electrons. The van der Waals surface area contributed by atoms with E-state index in [2.05, 4.69) is 4.72 Å². The van der Waals surface area contributed by atoms with Gasteiger partial charge >= 0.3 is 0 Å². The van der Waals surface area contributed by atoms with Crippen LogP contribution in [0.4, 0.5) is 0 Å². The van der Waals surface area contributed by atoms with Gasteiger partial charge in [-0.15, -0.1) is 0 Å². The van der Waals surface area contributed by atoms with Crippen LogP contribution in [0.2, 0.25) is 5.02 Å². The van der Waals surface area contributed by atoms with E-state index in [1.807, 2.05) is 18.2 Å². The van der Waals surface area contributed by atoms with Gasteiger partial charge in [0.2, 0.25) is 10.0 Å². The van der Waals surface area contributed by atoms with Gasteiger partial charge in [-0.05, 0) is 23.3 Å². The van der Waals surface area contributed by atoms with E-state index in [0.717, 1.165) is 5.56 Å². The van der Waals surface area contributed by atoms with Crippen LogP contribution in [0, 0.1) is 0 Å². The molecular weight excluding hydrogens is 310 g/mol. The Kier molecular flexibility index (Phi) is 5.22. The van der Waals surface area contributed by atoms with E-state index in [0.29, 0.717) is 16.3 Å². The monoisotopic (exact) mass is 325 g/mol. The Morgan fingerprint density at radius 2 is 1.86 bits per heavy atom. The maximum absolute atomic E-state index is 12.0. The first-order chi connectivity index (χ1) is 10.00. The Labute approximate surface area is 129 Å². The molecule has 0 saturated heterocycles. The number of halogens is 1. The smallest absolute Gasteiger partial charge is 0.216 e. The van der Waals surface area contributed by atoms with Crippen LogP contribution in [-0.2, 0) is 22.3 Å². The summed E-state index contributed by atoms with van der Waals surface area (Å²) in [5.41, 5.74) is 1.44. The summed E-state index contributed by atoms with van der Waals surface area (Å²) in [6, 6.07) is 14.2. The third kappa shape index (κ3) is 4.74. The van der Waals surface area contributed by atoms with Gasteiger partial charge in [-0.2, -0.15) is 0 Å². The lowest BCUT2D eigenvalue weighted by Crippen LogP contribution is -2.24. The van der Waals surface area contributed by atoms with Crippen LogP contribution < -0.4 is 9.46 Å². The van der Waals surface area contributed by atoms with Crippen molar-refractivity contribution in [3.8, 4) is 5.75 Å². The summed E-state index contributed by atoms with van der Waals surface area (Å²) in [6.45, 7) is 0.151. The lowest BCUT2D eigenvalue weighted by molar-refractivity contribution is 0.414. The van der Waals surface area contributed by atoms with Crippen LogP contribution >= 0.6 is 11.6 Å². The second kappa shape index (κ2) is 6.93. The van der Waals surface area contributed by atoms with Crippen molar-refractivity contribution in [3.05, 3.63) is 64.7 Å². The molecule has 0 aromatic heterocycles. The topological polar surface area (TPSA) is 55.4 Å². The molecule has 2 rings (SSSR count). The second-order valence-electron chi connectivity index (χ2n) is 4.52. The number of sulfonamides is 1. The summed E-state index contributed by atoms with van der Waals surface area (Å²) in [4.78, 5) is 0. The van der Waals surface area contributed by atoms with Crippen molar-refractivity contribution in [1.29, 1.82) is 0 Å². The second-order valence-corrected chi connectivity index (χ2v) is 6.74. The summed E-state index contributed by atoms with van der Waals surface area (Å²) >= 11 is 6.08. The van der Waals surface area contributed by atoms with Crippen molar-refractivity contribution in [2.24, 2.45) is 0 Å². The molecule has 0 aliphatic heterocycles. The largest absolute Gasteiger partial charge is 0.497 e. The Balaban J connectivity index is 2.02. The average Bonchev–Trinajstić information content (AvgIpc) is 2.46. The van der Waals surface area contributed by atoms with Crippen LogP contribution in [0.25, 0.3) is 0 Å². The third-order valence-electron chi connectivity index (χ3n) is 2.94. The molecule has 0 bridgehead atoms. The third-order valence-corrected chi connectivity index (χ3v) is 4.59. The molecule has 0 aliphatic rings. The van der Waals surface area contributed by atoms with Crippen LogP contribution in [0.15, 0.2) is 48.5 Å². The molecule has 0 heterocycles. The molecule has 112 valence electrons. The fourth-order valence-electron chi connectivity index (χ4n) is 1.83. The number of benzene rings is 2. The maximum atomic E-state index is 12.0. The highest BCUT2D eigenvalue weighted by Crippen LogP contribution is 2.22. The zero-order valence-corrected chi connectivity index (χ0v) is 13.1. The fraction of sp³-hybridized carbons (Fsp3) is 0.200. The summed E-state index contributed by atoms with van der Waals surface area (Å²) in [5, 5.41) is 0.469. The van der Waals surface area contributed by atoms with Crippen molar-refractivity contribution in [1.82, 2.24) is 4.72 Å². The van der Waals surface area contributed by atoms with Gasteiger partial charge in [-0.1, -0.05) is 48.0 Å². The molecule has 0 saturated carbocycles. The summed E-state index contributed by atoms with van der Waals surface area (Å²) in [6.07, 6.45) is 0. The van der Waals surface area contributed by atoms with Crippen LogP contribution in [0.3, 0.4) is 0 Å². The van der Waals surface area contributed by atoms with Gasteiger partial charge in [0.25, 0.3) is 0 Å². The predicted molar refractivity (Wildman–Crippen MR) is 83.9 cm³/mol. The molecule has 2 aromatic rings. The zero-order valence-electron chi connectivity index (χ0n) is 11.5. The molecule has 4 nitrogen and oxygen atoms in total. The van der Waals surface area contributed by atoms with Gasteiger partial charge in [0, 0.05) is 11.6 Å². The van der Waals surface area contributed by atoms with E-state index in [4.69, 9.17) is 16.3 Å². The molecular formula is C15H16ClNO3S. The summed E-state index contributed by atoms with van der Waals surface area (Å²) < 4.78 is 31.7. The quantitative estimate of drug-likeness (QED) is 0.888. The van der Waals surface area contributed by atoms with E-state index in [-0.39, 0.29) is 12.3 Å². The van der Waals surface area contributed by atoms with Crippen molar-refractivity contribution in [2.45, 2.75) is 12.3 Å². The number of methoxy groups -OCH3 is 1. The van der Waals surface area contributed by atoms with E-state index in [1.54, 1.807) is 37.4 Å². The summed E-state index contributed by atoms with van der Waals surface area (Å²) in [5.74, 6) is 0.581. The Morgan fingerprint density at radius 3 is 2.48 bits per heavy atom. The van der Waals surface area contributed by atoms with E-state index < -0.39 is 10.0 Å². The number of hydrogen-bond acceptors (Lipinski definition) is 3. The van der Waals surface area contributed by atoms with Crippen LogP contribution in [0.5, 0.6) is 5.75 Å². The summed E-state index contributed by atoms with van der Waals surface area (Å²) in [7, 11) is -1.86. The lowest BCUT2D eigenvalue weighted by atomic mass is 10.2. The molecule has 0 aliphatic carbocycles. The molecule has 0 fully saturated rings. The Morgan fingerprint density at radius 1 is 1.14 bits per heavy atom. The van der Waals surface area contributed by atoms with Crippen LogP contribution in [0.1, 0.15) is 11.1 Å². The molecule has 0 amide bonds. The average molecular weight is 326 g/mol. The molecule has 6 heteroatoms. The van der Waals surface area contributed by atoms with Gasteiger partial charge in [-0.3, -0.25) is 0 Å². The minimum atomic E-state index is -3.41. The highest BCUT2D eigenvalue weighted by atomic mass is 35.5. The van der Waals surface area contributed by atoms with Gasteiger partial charge in [-0.25, -0.2) is 13.1 Å². The maximum Gasteiger partial charge on any atom is 0.216 e. The SMILES string of the molecule is COc1ccc(CNS(=O)(=O)Cc2ccccc2)c(Cl)c1. The number of rotatable bonds is 6. The highest BCUT2D eigenvalue weighted by molar-refractivity contribution is 7.88. The standard InChI is InChI=1S/C15H16ClNO3S/c1-20-14-8-7-13(15(16)9-14)10-17-21(18,19)11-12-5-3-2-4-6-12/h2-9,17H,10-11H2,1H3. The van der Waals surface area contributed by atoms with E-state index in [9.17, 15) is 8.42 Å². The molecule has 0 atom stereocenters. The van der Waals surface area contributed by atoms with Crippen molar-refractivity contribution in [3.63, 3.8) is 0 Å². The van der Waals surface area contributed by atoms with Gasteiger partial charge in [0.15, 0.2) is 0 Å². The lowest BCUT2D eigenvalue weighted by Gasteiger charge is -2.09. The zero-order chi connectivity index (χ0) is 15.3. The fourth-order valence-corrected chi connectivity index (χ4v) is 3.18.